The van der Waals surface area contributed by atoms with Crippen molar-refractivity contribution in [3.05, 3.63) is 63.1 Å². The van der Waals surface area contributed by atoms with Crippen LogP contribution in [0.4, 0.5) is 0 Å². The van der Waals surface area contributed by atoms with Gasteiger partial charge >= 0.3 is 0 Å². The Morgan fingerprint density at radius 1 is 1.24 bits per heavy atom. The minimum Gasteiger partial charge on any atom is -0.508 e. The van der Waals surface area contributed by atoms with Gasteiger partial charge in [0.1, 0.15) is 11.9 Å². The molecule has 0 fully saturated rings. The number of aromatic hydroxyl groups is 1. The highest BCUT2D eigenvalue weighted by molar-refractivity contribution is 9.10. The molecule has 0 unspecified atom stereocenters. The zero-order chi connectivity index (χ0) is 18.0. The molecule has 25 heavy (non-hydrogen) atoms. The van der Waals surface area contributed by atoms with Gasteiger partial charge < -0.3 is 5.11 Å². The lowest BCUT2D eigenvalue weighted by Crippen LogP contribution is -2.39. The maximum atomic E-state index is 10.3. The summed E-state index contributed by atoms with van der Waals surface area (Å²) in [7, 11) is 0. The van der Waals surface area contributed by atoms with Crippen molar-refractivity contribution in [1.29, 1.82) is 0 Å². The Balaban J connectivity index is 1.95. The fourth-order valence-corrected chi connectivity index (χ4v) is 3.67. The van der Waals surface area contributed by atoms with Crippen LogP contribution in [0.25, 0.3) is 0 Å². The van der Waals surface area contributed by atoms with Gasteiger partial charge in [0, 0.05) is 33.2 Å². The second kappa shape index (κ2) is 7.90. The van der Waals surface area contributed by atoms with Gasteiger partial charge in [0.25, 0.3) is 0 Å². The Hall–Kier alpha value is -1.36. The first kappa shape index (κ1) is 18.4. The molecular formula is C20H22BrClN2O. The van der Waals surface area contributed by atoms with Crippen LogP contribution in [0, 0.1) is 5.92 Å². The number of hydrogen-bond donors (Lipinski definition) is 2. The highest BCUT2D eigenvalue weighted by Crippen LogP contribution is 2.33. The van der Waals surface area contributed by atoms with Crippen molar-refractivity contribution >= 4 is 33.2 Å². The molecule has 0 saturated heterocycles. The number of benzene rings is 2. The minimum absolute atomic E-state index is 0.0180. The number of phenols is 1. The Morgan fingerprint density at radius 3 is 2.64 bits per heavy atom. The molecule has 1 heterocycles. The van der Waals surface area contributed by atoms with Gasteiger partial charge in [0.15, 0.2) is 0 Å². The Bertz CT molecular complexity index is 774. The van der Waals surface area contributed by atoms with Gasteiger partial charge in [-0.05, 0) is 48.2 Å². The van der Waals surface area contributed by atoms with Crippen molar-refractivity contribution in [1.82, 2.24) is 5.32 Å². The van der Waals surface area contributed by atoms with Crippen LogP contribution >= 0.6 is 27.5 Å². The van der Waals surface area contributed by atoms with Crippen molar-refractivity contribution < 1.29 is 5.11 Å². The lowest BCUT2D eigenvalue weighted by molar-refractivity contribution is 0.363. The van der Waals surface area contributed by atoms with Crippen LogP contribution in [0.1, 0.15) is 43.9 Å². The maximum Gasteiger partial charge on any atom is 0.120 e. The maximum absolute atomic E-state index is 10.3. The van der Waals surface area contributed by atoms with Crippen LogP contribution in [-0.2, 0) is 0 Å². The van der Waals surface area contributed by atoms with E-state index in [1.165, 1.54) is 0 Å². The topological polar surface area (TPSA) is 44.6 Å². The van der Waals surface area contributed by atoms with Crippen LogP contribution in [0.3, 0.4) is 0 Å². The van der Waals surface area contributed by atoms with Crippen LogP contribution in [0.5, 0.6) is 5.75 Å². The van der Waals surface area contributed by atoms with Crippen molar-refractivity contribution in [3.63, 3.8) is 0 Å². The van der Waals surface area contributed by atoms with Crippen LogP contribution in [-0.4, -0.2) is 17.0 Å². The largest absolute Gasteiger partial charge is 0.508 e. The fourth-order valence-electron chi connectivity index (χ4n) is 3.17. The molecule has 0 aromatic heterocycles. The molecule has 0 amide bonds. The third-order valence-electron chi connectivity index (χ3n) is 4.34. The van der Waals surface area contributed by atoms with Gasteiger partial charge in [0.2, 0.25) is 0 Å². The summed E-state index contributed by atoms with van der Waals surface area (Å²) < 4.78 is 0.957. The second-order valence-electron chi connectivity index (χ2n) is 6.85. The van der Waals surface area contributed by atoms with E-state index in [0.29, 0.717) is 11.7 Å². The van der Waals surface area contributed by atoms with Gasteiger partial charge in [0.05, 0.1) is 0 Å². The molecule has 2 aromatic carbocycles. The summed E-state index contributed by atoms with van der Waals surface area (Å²) in [4.78, 5) is 4.92. The smallest absolute Gasteiger partial charge is 0.120 e. The summed E-state index contributed by atoms with van der Waals surface area (Å²) in [5.74, 6) is 0.837. The number of hydrogen-bond acceptors (Lipinski definition) is 3. The van der Waals surface area contributed by atoms with E-state index in [4.69, 9.17) is 16.6 Å². The molecule has 2 atom stereocenters. The number of nitrogens with zero attached hydrogens (tertiary/aromatic N) is 1. The van der Waals surface area contributed by atoms with E-state index in [1.54, 1.807) is 6.07 Å². The van der Waals surface area contributed by atoms with E-state index in [1.807, 2.05) is 36.4 Å². The van der Waals surface area contributed by atoms with E-state index in [2.05, 4.69) is 35.1 Å². The molecule has 2 N–H and O–H groups in total. The second-order valence-corrected chi connectivity index (χ2v) is 8.21. The van der Waals surface area contributed by atoms with Crippen LogP contribution < -0.4 is 5.32 Å². The van der Waals surface area contributed by atoms with Gasteiger partial charge in [-0.15, -0.1) is 0 Å². The van der Waals surface area contributed by atoms with Gasteiger partial charge in [-0.3, -0.25) is 10.3 Å². The van der Waals surface area contributed by atoms with Crippen molar-refractivity contribution in [3.8, 4) is 5.75 Å². The Labute approximate surface area is 162 Å². The highest BCUT2D eigenvalue weighted by Gasteiger charge is 2.27. The van der Waals surface area contributed by atoms with Crippen LogP contribution in [0.15, 0.2) is 51.9 Å². The monoisotopic (exact) mass is 420 g/mol. The first-order valence-corrected chi connectivity index (χ1v) is 9.66. The summed E-state index contributed by atoms with van der Waals surface area (Å²) in [6.45, 7) is 4.39. The summed E-state index contributed by atoms with van der Waals surface area (Å²) in [5, 5.41) is 14.6. The number of aliphatic imine (C=N–C) groups is 1. The standard InChI is InChI=1S/C20H22BrClN2O/c1-12(2)9-20-23-17(13-3-6-15(22)7-4-13)11-18(24-20)16-10-14(21)5-8-19(16)25/h3-8,10,12,18,20,24-25H,9,11H2,1-2H3/t18-,20-/m1/s1. The quantitative estimate of drug-likeness (QED) is 0.664. The van der Waals surface area contributed by atoms with Gasteiger partial charge in [-0.25, -0.2) is 0 Å². The third-order valence-corrected chi connectivity index (χ3v) is 5.09. The number of nitrogens with one attached hydrogen (secondary N) is 1. The van der Waals surface area contributed by atoms with Crippen molar-refractivity contribution in [2.24, 2.45) is 10.9 Å². The molecule has 1 aliphatic rings. The molecule has 0 radical (unpaired) electrons. The number of halogens is 2. The molecular weight excluding hydrogens is 400 g/mol. The molecule has 1 aliphatic heterocycles. The average molecular weight is 422 g/mol. The molecule has 3 nitrogen and oxygen atoms in total. The Morgan fingerprint density at radius 2 is 1.96 bits per heavy atom. The molecule has 2 aromatic rings. The minimum atomic E-state index is 0.0180. The summed E-state index contributed by atoms with van der Waals surface area (Å²) in [6.07, 6.45) is 1.70. The highest BCUT2D eigenvalue weighted by atomic mass is 79.9. The molecule has 132 valence electrons. The zero-order valence-electron chi connectivity index (χ0n) is 14.3. The first-order valence-electron chi connectivity index (χ1n) is 8.49. The van der Waals surface area contributed by atoms with Crippen LogP contribution in [0.2, 0.25) is 5.02 Å². The van der Waals surface area contributed by atoms with Crippen molar-refractivity contribution in [2.45, 2.75) is 38.9 Å². The van der Waals surface area contributed by atoms with E-state index < -0.39 is 0 Å². The summed E-state index contributed by atoms with van der Waals surface area (Å²) >= 11 is 9.52. The lowest BCUT2D eigenvalue weighted by atomic mass is 9.93. The molecule has 0 saturated carbocycles. The molecule has 0 spiro atoms. The number of rotatable bonds is 4. The zero-order valence-corrected chi connectivity index (χ0v) is 16.7. The van der Waals surface area contributed by atoms with E-state index in [-0.39, 0.29) is 12.2 Å². The van der Waals surface area contributed by atoms with Gasteiger partial charge in [-0.1, -0.05) is 53.5 Å². The van der Waals surface area contributed by atoms with Crippen molar-refractivity contribution in [2.75, 3.05) is 0 Å². The predicted octanol–water partition coefficient (Wildman–Crippen LogP) is 5.70. The molecule has 0 bridgehead atoms. The normalized spacial score (nSPS) is 20.6. The first-order chi connectivity index (χ1) is 11.9. The summed E-state index contributed by atoms with van der Waals surface area (Å²) in [6, 6.07) is 13.4. The SMILES string of the molecule is CC(C)C[C@@H]1N=C(c2ccc(Cl)cc2)C[C@H](c2cc(Br)ccc2O)N1. The lowest BCUT2D eigenvalue weighted by Gasteiger charge is -2.31. The van der Waals surface area contributed by atoms with E-state index in [0.717, 1.165) is 39.2 Å². The number of phenolic OH excluding ortho intramolecular Hbond substituents is 1. The van der Waals surface area contributed by atoms with E-state index >= 15 is 0 Å². The fraction of sp³-hybridized carbons (Fsp3) is 0.350. The third kappa shape index (κ3) is 4.63. The molecule has 3 rings (SSSR count). The predicted molar refractivity (Wildman–Crippen MR) is 108 cm³/mol. The Kier molecular flexibility index (Phi) is 5.82. The summed E-state index contributed by atoms with van der Waals surface area (Å²) in [5.41, 5.74) is 3.02. The molecule has 0 aliphatic carbocycles. The molecule has 5 heteroatoms. The van der Waals surface area contributed by atoms with E-state index in [9.17, 15) is 5.11 Å². The average Bonchev–Trinajstić information content (AvgIpc) is 2.57. The van der Waals surface area contributed by atoms with Gasteiger partial charge in [-0.2, -0.15) is 0 Å².